The summed E-state index contributed by atoms with van der Waals surface area (Å²) in [4.78, 5) is 22.9. The van der Waals surface area contributed by atoms with Crippen molar-refractivity contribution in [3.8, 4) is 0 Å². The van der Waals surface area contributed by atoms with Gasteiger partial charge in [-0.25, -0.2) is 4.79 Å². The van der Waals surface area contributed by atoms with Crippen molar-refractivity contribution in [1.82, 2.24) is 10.6 Å². The Balaban J connectivity index is 2.70. The molecule has 0 unspecified atom stereocenters. The van der Waals surface area contributed by atoms with Crippen LogP contribution in [0.1, 0.15) is 32.8 Å². The lowest BCUT2D eigenvalue weighted by molar-refractivity contribution is -0.121. The minimum Gasteiger partial charge on any atom is -0.453 e. The van der Waals surface area contributed by atoms with E-state index >= 15 is 0 Å². The second-order valence-corrected chi connectivity index (χ2v) is 5.46. The molecule has 1 aromatic rings. The Bertz CT molecular complexity index is 472. The molecule has 0 aromatic heterocycles. The van der Waals surface area contributed by atoms with Crippen LogP contribution in [0.5, 0.6) is 0 Å². The quantitative estimate of drug-likeness (QED) is 0.844. The fraction of sp³-hybridized carbons (Fsp3) is 0.500. The minimum absolute atomic E-state index is 0.0214. The lowest BCUT2D eigenvalue weighted by Gasteiger charge is -2.35. The molecule has 0 fully saturated rings. The fourth-order valence-electron chi connectivity index (χ4n) is 2.33. The highest BCUT2D eigenvalue weighted by Gasteiger charge is 2.31. The van der Waals surface area contributed by atoms with Crippen molar-refractivity contribution in [1.29, 1.82) is 0 Å². The van der Waals surface area contributed by atoms with Gasteiger partial charge in [-0.05, 0) is 12.0 Å². The SMILES string of the molecule is CC[C@@H](NC(=O)CNC(=O)OC)C(C)(C)c1ccccc1. The van der Waals surface area contributed by atoms with Crippen molar-refractivity contribution in [2.75, 3.05) is 13.7 Å². The van der Waals surface area contributed by atoms with Gasteiger partial charge in [-0.1, -0.05) is 51.1 Å². The molecule has 1 atom stereocenters. The maximum atomic E-state index is 11.9. The third-order valence-corrected chi connectivity index (χ3v) is 3.71. The van der Waals surface area contributed by atoms with Gasteiger partial charge in [0.15, 0.2) is 0 Å². The third-order valence-electron chi connectivity index (χ3n) is 3.71. The van der Waals surface area contributed by atoms with Crippen LogP contribution in [0.3, 0.4) is 0 Å². The summed E-state index contributed by atoms with van der Waals surface area (Å²) in [6, 6.07) is 10.0. The van der Waals surface area contributed by atoms with E-state index in [1.54, 1.807) is 0 Å². The summed E-state index contributed by atoms with van der Waals surface area (Å²) in [5.74, 6) is -0.226. The summed E-state index contributed by atoms with van der Waals surface area (Å²) in [6.07, 6.45) is 0.187. The van der Waals surface area contributed by atoms with E-state index in [0.717, 1.165) is 12.0 Å². The van der Waals surface area contributed by atoms with Crippen molar-refractivity contribution in [2.24, 2.45) is 0 Å². The molecule has 2 amide bonds. The number of hydrogen-bond acceptors (Lipinski definition) is 3. The first kappa shape index (κ1) is 17.0. The molecule has 116 valence electrons. The fourth-order valence-corrected chi connectivity index (χ4v) is 2.33. The summed E-state index contributed by atoms with van der Waals surface area (Å²) < 4.78 is 4.44. The highest BCUT2D eigenvalue weighted by molar-refractivity contribution is 5.82. The number of nitrogens with one attached hydrogen (secondary N) is 2. The first-order valence-corrected chi connectivity index (χ1v) is 7.08. The van der Waals surface area contributed by atoms with Gasteiger partial charge in [-0.2, -0.15) is 0 Å². The van der Waals surface area contributed by atoms with Gasteiger partial charge in [0.1, 0.15) is 6.54 Å². The molecule has 0 aliphatic heterocycles. The van der Waals surface area contributed by atoms with Crippen molar-refractivity contribution in [3.05, 3.63) is 35.9 Å². The first-order chi connectivity index (χ1) is 9.91. The molecule has 1 aromatic carbocycles. The van der Waals surface area contributed by atoms with Gasteiger partial charge >= 0.3 is 6.09 Å². The molecular formula is C16H24N2O3. The van der Waals surface area contributed by atoms with Gasteiger partial charge in [-0.15, -0.1) is 0 Å². The number of alkyl carbamates (subject to hydrolysis) is 1. The number of methoxy groups -OCH3 is 1. The third kappa shape index (κ3) is 4.77. The number of ether oxygens (including phenoxy) is 1. The van der Waals surface area contributed by atoms with Crippen LogP contribution in [0, 0.1) is 0 Å². The van der Waals surface area contributed by atoms with E-state index in [0.29, 0.717) is 0 Å². The summed E-state index contributed by atoms with van der Waals surface area (Å²) >= 11 is 0. The topological polar surface area (TPSA) is 67.4 Å². The van der Waals surface area contributed by atoms with Crippen LogP contribution in [-0.2, 0) is 14.9 Å². The molecule has 2 N–H and O–H groups in total. The van der Waals surface area contributed by atoms with Crippen molar-refractivity contribution >= 4 is 12.0 Å². The number of hydrogen-bond donors (Lipinski definition) is 2. The Morgan fingerprint density at radius 3 is 2.38 bits per heavy atom. The minimum atomic E-state index is -0.611. The number of carbonyl (C=O) groups is 2. The number of amides is 2. The monoisotopic (exact) mass is 292 g/mol. The van der Waals surface area contributed by atoms with E-state index in [9.17, 15) is 9.59 Å². The standard InChI is InChI=1S/C16H24N2O3/c1-5-13(18-14(19)11-17-15(20)21-4)16(2,3)12-9-7-6-8-10-12/h6-10,13H,5,11H2,1-4H3,(H,17,20)(H,18,19)/t13-/m1/s1. The first-order valence-electron chi connectivity index (χ1n) is 7.08. The predicted molar refractivity (Wildman–Crippen MR) is 82.1 cm³/mol. The van der Waals surface area contributed by atoms with Gasteiger partial charge in [-0.3, -0.25) is 4.79 Å². The molecule has 0 bridgehead atoms. The Kier molecular flexibility index (Phi) is 6.21. The highest BCUT2D eigenvalue weighted by atomic mass is 16.5. The van der Waals surface area contributed by atoms with Crippen molar-refractivity contribution < 1.29 is 14.3 Å². The highest BCUT2D eigenvalue weighted by Crippen LogP contribution is 2.28. The maximum absolute atomic E-state index is 11.9. The predicted octanol–water partition coefficient (Wildman–Crippen LogP) is 2.21. The molecule has 0 aliphatic rings. The van der Waals surface area contributed by atoms with E-state index in [4.69, 9.17) is 0 Å². The van der Waals surface area contributed by atoms with Crippen LogP contribution in [0.2, 0.25) is 0 Å². The van der Waals surface area contributed by atoms with Gasteiger partial charge in [0.05, 0.1) is 7.11 Å². The van der Waals surface area contributed by atoms with Crippen molar-refractivity contribution in [3.63, 3.8) is 0 Å². The Hall–Kier alpha value is -2.04. The van der Waals surface area contributed by atoms with Crippen LogP contribution in [0.15, 0.2) is 30.3 Å². The molecule has 0 radical (unpaired) electrons. The lowest BCUT2D eigenvalue weighted by atomic mass is 9.76. The average molecular weight is 292 g/mol. The van der Waals surface area contributed by atoms with Gasteiger partial charge in [0, 0.05) is 11.5 Å². The van der Waals surface area contributed by atoms with Crippen LogP contribution in [0.25, 0.3) is 0 Å². The average Bonchev–Trinajstić information content (AvgIpc) is 2.50. The smallest absolute Gasteiger partial charge is 0.407 e. The summed E-state index contributed by atoms with van der Waals surface area (Å²) in [5.41, 5.74) is 0.967. The van der Waals surface area contributed by atoms with E-state index < -0.39 is 6.09 Å². The van der Waals surface area contributed by atoms with Crippen LogP contribution >= 0.6 is 0 Å². The molecule has 21 heavy (non-hydrogen) atoms. The maximum Gasteiger partial charge on any atom is 0.407 e. The van der Waals surface area contributed by atoms with Crippen LogP contribution < -0.4 is 10.6 Å². The molecule has 5 nitrogen and oxygen atoms in total. The molecule has 0 heterocycles. The van der Waals surface area contributed by atoms with Crippen LogP contribution in [0.4, 0.5) is 4.79 Å². The molecule has 5 heteroatoms. The number of benzene rings is 1. The zero-order chi connectivity index (χ0) is 15.9. The van der Waals surface area contributed by atoms with E-state index in [-0.39, 0.29) is 23.9 Å². The molecule has 0 aliphatic carbocycles. The largest absolute Gasteiger partial charge is 0.453 e. The molecule has 0 saturated heterocycles. The van der Waals surface area contributed by atoms with Crippen molar-refractivity contribution in [2.45, 2.75) is 38.6 Å². The Morgan fingerprint density at radius 2 is 1.86 bits per heavy atom. The second kappa shape index (κ2) is 7.67. The molecular weight excluding hydrogens is 268 g/mol. The molecule has 1 rings (SSSR count). The van der Waals surface area contributed by atoms with E-state index in [1.807, 2.05) is 25.1 Å². The zero-order valence-corrected chi connectivity index (χ0v) is 13.1. The number of carbonyl (C=O) groups excluding carboxylic acids is 2. The Morgan fingerprint density at radius 1 is 1.24 bits per heavy atom. The lowest BCUT2D eigenvalue weighted by Crippen LogP contribution is -2.49. The normalized spacial score (nSPS) is 12.4. The van der Waals surface area contributed by atoms with Gasteiger partial charge in [0.25, 0.3) is 0 Å². The summed E-state index contributed by atoms with van der Waals surface area (Å²) in [5, 5.41) is 5.36. The summed E-state index contributed by atoms with van der Waals surface area (Å²) in [7, 11) is 1.26. The van der Waals surface area contributed by atoms with Gasteiger partial charge in [0.2, 0.25) is 5.91 Å². The van der Waals surface area contributed by atoms with E-state index in [2.05, 4.69) is 41.4 Å². The second-order valence-electron chi connectivity index (χ2n) is 5.46. The molecule has 0 spiro atoms. The van der Waals surface area contributed by atoms with E-state index in [1.165, 1.54) is 7.11 Å². The van der Waals surface area contributed by atoms with Gasteiger partial charge < -0.3 is 15.4 Å². The Labute approximate surface area is 126 Å². The number of rotatable bonds is 6. The zero-order valence-electron chi connectivity index (χ0n) is 13.1. The molecule has 0 saturated carbocycles. The summed E-state index contributed by atoms with van der Waals surface area (Å²) in [6.45, 7) is 6.15. The van der Waals surface area contributed by atoms with Crippen LogP contribution in [-0.4, -0.2) is 31.7 Å².